The summed E-state index contributed by atoms with van der Waals surface area (Å²) in [6, 6.07) is 14.6. The lowest BCUT2D eigenvalue weighted by Gasteiger charge is -2.08. The van der Waals surface area contributed by atoms with Crippen LogP contribution in [0.1, 0.15) is 1.43 Å². The average molecular weight is 211 g/mol. The quantitative estimate of drug-likeness (QED) is 0.441. The SMILES string of the molecule is Oc1c2ccccc2c(O)c2ccccc12.[H+]. The van der Waals surface area contributed by atoms with Gasteiger partial charge in [0.15, 0.2) is 0 Å². The highest BCUT2D eigenvalue weighted by Gasteiger charge is 2.10. The summed E-state index contributed by atoms with van der Waals surface area (Å²) in [5.41, 5.74) is 0. The third-order valence-electron chi connectivity index (χ3n) is 2.87. The number of rotatable bonds is 0. The van der Waals surface area contributed by atoms with Crippen LogP contribution in [-0.4, -0.2) is 10.2 Å². The molecule has 0 aliphatic rings. The predicted molar refractivity (Wildman–Crippen MR) is 65.9 cm³/mol. The average Bonchev–Trinajstić information content (AvgIpc) is 2.36. The van der Waals surface area contributed by atoms with Crippen LogP contribution in [0.15, 0.2) is 48.5 Å². The van der Waals surface area contributed by atoms with Crippen molar-refractivity contribution >= 4 is 21.5 Å². The third-order valence-corrected chi connectivity index (χ3v) is 2.87. The van der Waals surface area contributed by atoms with Gasteiger partial charge in [-0.2, -0.15) is 0 Å². The van der Waals surface area contributed by atoms with Crippen LogP contribution in [0.4, 0.5) is 0 Å². The molecule has 3 aromatic rings. The number of hydrogen-bond acceptors (Lipinski definition) is 2. The lowest BCUT2D eigenvalue weighted by molar-refractivity contribution is 0.478. The molecule has 0 saturated carbocycles. The van der Waals surface area contributed by atoms with Gasteiger partial charge >= 0.3 is 1.43 Å². The van der Waals surface area contributed by atoms with Gasteiger partial charge in [-0.3, -0.25) is 0 Å². The molecule has 0 aliphatic carbocycles. The van der Waals surface area contributed by atoms with E-state index in [2.05, 4.69) is 0 Å². The summed E-state index contributed by atoms with van der Waals surface area (Å²) in [6.45, 7) is 0. The van der Waals surface area contributed by atoms with Crippen molar-refractivity contribution in [2.24, 2.45) is 0 Å². The number of phenolic OH excluding ortho intramolecular Hbond substituents is 2. The standard InChI is InChI=1S/C14H10O2/c15-13-9-5-1-2-6-10(9)14(16)12-8-4-3-7-11(12)13/h1-8,15-16H/p+1. The Morgan fingerprint density at radius 2 is 0.812 bits per heavy atom. The molecule has 0 radical (unpaired) electrons. The lowest BCUT2D eigenvalue weighted by atomic mass is 10.0. The molecule has 0 amide bonds. The van der Waals surface area contributed by atoms with Gasteiger partial charge in [0.05, 0.1) is 0 Å². The Labute approximate surface area is 93.9 Å². The van der Waals surface area contributed by atoms with E-state index >= 15 is 0 Å². The lowest BCUT2D eigenvalue weighted by Crippen LogP contribution is -1.80. The first-order valence-corrected chi connectivity index (χ1v) is 5.10. The Morgan fingerprint density at radius 3 is 1.06 bits per heavy atom. The van der Waals surface area contributed by atoms with Crippen LogP contribution in [0, 0.1) is 0 Å². The van der Waals surface area contributed by atoms with E-state index in [1.54, 1.807) is 24.3 Å². The molecule has 0 atom stereocenters. The number of phenols is 2. The minimum atomic E-state index is 0. The maximum atomic E-state index is 10.1. The van der Waals surface area contributed by atoms with Crippen LogP contribution in [0.2, 0.25) is 0 Å². The number of benzene rings is 3. The molecule has 2 nitrogen and oxygen atoms in total. The van der Waals surface area contributed by atoms with Crippen molar-refractivity contribution in [1.82, 2.24) is 0 Å². The molecule has 0 saturated heterocycles. The summed E-state index contributed by atoms with van der Waals surface area (Å²) >= 11 is 0. The minimum Gasteiger partial charge on any atom is -0.507 e. The zero-order valence-corrected chi connectivity index (χ0v) is 8.51. The monoisotopic (exact) mass is 211 g/mol. The van der Waals surface area contributed by atoms with E-state index < -0.39 is 0 Å². The fourth-order valence-corrected chi connectivity index (χ4v) is 2.08. The van der Waals surface area contributed by atoms with Gasteiger partial charge in [0.2, 0.25) is 0 Å². The molecular formula is C14H11O2+. The minimum absolute atomic E-state index is 0. The van der Waals surface area contributed by atoms with Crippen LogP contribution in [0.25, 0.3) is 21.5 Å². The maximum Gasteiger partial charge on any atom is 1.00 e. The van der Waals surface area contributed by atoms with Crippen molar-refractivity contribution in [3.63, 3.8) is 0 Å². The predicted octanol–water partition coefficient (Wildman–Crippen LogP) is 3.52. The van der Waals surface area contributed by atoms with Gasteiger partial charge in [-0.05, 0) is 0 Å². The third kappa shape index (κ3) is 1.07. The van der Waals surface area contributed by atoms with Crippen LogP contribution in [0.5, 0.6) is 11.5 Å². The molecule has 3 aromatic carbocycles. The van der Waals surface area contributed by atoms with Crippen molar-refractivity contribution in [3.05, 3.63) is 48.5 Å². The Kier molecular flexibility index (Phi) is 1.77. The van der Waals surface area contributed by atoms with Crippen LogP contribution < -0.4 is 0 Å². The fraction of sp³-hybridized carbons (Fsp3) is 0. The van der Waals surface area contributed by atoms with Crippen molar-refractivity contribution in [1.29, 1.82) is 0 Å². The summed E-state index contributed by atoms with van der Waals surface area (Å²) in [6.07, 6.45) is 0. The molecule has 16 heavy (non-hydrogen) atoms. The van der Waals surface area contributed by atoms with Gasteiger partial charge in [-0.25, -0.2) is 0 Å². The van der Waals surface area contributed by atoms with E-state index in [0.29, 0.717) is 21.5 Å². The first-order chi connectivity index (χ1) is 7.79. The van der Waals surface area contributed by atoms with Gasteiger partial charge in [-0.15, -0.1) is 0 Å². The van der Waals surface area contributed by atoms with E-state index in [0.717, 1.165) is 0 Å². The second kappa shape index (κ2) is 3.14. The number of hydrogen-bond donors (Lipinski definition) is 2. The summed E-state index contributed by atoms with van der Waals surface area (Å²) in [5, 5.41) is 23.0. The maximum absolute atomic E-state index is 10.1. The Bertz CT molecular complexity index is 575. The molecular weight excluding hydrogens is 200 g/mol. The number of fused-ring (bicyclic) bond motifs is 2. The van der Waals surface area contributed by atoms with Crippen LogP contribution >= 0.6 is 0 Å². The van der Waals surface area contributed by atoms with Crippen LogP contribution in [-0.2, 0) is 0 Å². The zero-order valence-electron chi connectivity index (χ0n) is 9.51. The highest BCUT2D eigenvalue weighted by Crippen LogP contribution is 2.40. The molecule has 0 unspecified atom stereocenters. The molecule has 3 rings (SSSR count). The summed E-state index contributed by atoms with van der Waals surface area (Å²) < 4.78 is 0. The fourth-order valence-electron chi connectivity index (χ4n) is 2.08. The van der Waals surface area contributed by atoms with Crippen LogP contribution in [0.3, 0.4) is 0 Å². The van der Waals surface area contributed by atoms with Crippen molar-refractivity contribution < 1.29 is 11.6 Å². The first-order valence-electron chi connectivity index (χ1n) is 5.10. The van der Waals surface area contributed by atoms with Gasteiger partial charge in [-0.1, -0.05) is 48.5 Å². The highest BCUT2D eigenvalue weighted by atomic mass is 16.3. The molecule has 0 spiro atoms. The normalized spacial score (nSPS) is 11.0. The highest BCUT2D eigenvalue weighted by molar-refractivity contribution is 6.10. The Hall–Kier alpha value is -2.22. The molecule has 2 heteroatoms. The topological polar surface area (TPSA) is 40.5 Å². The first kappa shape index (κ1) is 9.04. The van der Waals surface area contributed by atoms with E-state index in [-0.39, 0.29) is 12.9 Å². The van der Waals surface area contributed by atoms with Crippen molar-refractivity contribution in [2.75, 3.05) is 0 Å². The second-order valence-electron chi connectivity index (χ2n) is 3.79. The molecule has 0 fully saturated rings. The summed E-state index contributed by atoms with van der Waals surface area (Å²) in [7, 11) is 0. The van der Waals surface area contributed by atoms with Crippen molar-refractivity contribution in [2.45, 2.75) is 0 Å². The number of aromatic hydroxyl groups is 2. The molecule has 0 aliphatic heterocycles. The Morgan fingerprint density at radius 1 is 0.562 bits per heavy atom. The molecule has 78 valence electrons. The van der Waals surface area contributed by atoms with Crippen molar-refractivity contribution in [3.8, 4) is 11.5 Å². The Balaban J connectivity index is 0.00000108. The summed E-state index contributed by atoms with van der Waals surface area (Å²) in [4.78, 5) is 0. The molecule has 0 bridgehead atoms. The van der Waals surface area contributed by atoms with E-state index in [1.165, 1.54) is 0 Å². The van der Waals surface area contributed by atoms with Gasteiger partial charge in [0.1, 0.15) is 11.5 Å². The molecule has 0 heterocycles. The second-order valence-corrected chi connectivity index (χ2v) is 3.79. The van der Waals surface area contributed by atoms with E-state index in [1.807, 2.05) is 24.3 Å². The molecule has 0 aromatic heterocycles. The van der Waals surface area contributed by atoms with Gasteiger partial charge in [0.25, 0.3) is 0 Å². The largest absolute Gasteiger partial charge is 1.00 e. The summed E-state index contributed by atoms with van der Waals surface area (Å²) in [5.74, 6) is 0.452. The van der Waals surface area contributed by atoms with E-state index in [4.69, 9.17) is 0 Å². The zero-order chi connectivity index (χ0) is 11.1. The molecule has 2 N–H and O–H groups in total. The van der Waals surface area contributed by atoms with Gasteiger partial charge < -0.3 is 10.2 Å². The smallest absolute Gasteiger partial charge is 0.507 e. The van der Waals surface area contributed by atoms with E-state index in [9.17, 15) is 10.2 Å². The van der Waals surface area contributed by atoms with Gasteiger partial charge in [0, 0.05) is 21.5 Å².